The fourth-order valence-corrected chi connectivity index (χ4v) is 2.46. The van der Waals surface area contributed by atoms with Gasteiger partial charge in [-0.3, -0.25) is 10.1 Å². The van der Waals surface area contributed by atoms with Crippen LogP contribution < -0.4 is 4.74 Å². The van der Waals surface area contributed by atoms with Crippen LogP contribution in [0.15, 0.2) is 48.5 Å². The minimum absolute atomic E-state index is 0.0514. The van der Waals surface area contributed by atoms with Crippen molar-refractivity contribution in [2.75, 3.05) is 13.7 Å². The van der Waals surface area contributed by atoms with E-state index in [0.29, 0.717) is 24.5 Å². The molecule has 0 heterocycles. The van der Waals surface area contributed by atoms with Crippen LogP contribution in [-0.2, 0) is 27.3 Å². The molecule has 1 unspecified atom stereocenters. The molecule has 7 heteroatoms. The summed E-state index contributed by atoms with van der Waals surface area (Å²) in [6.07, 6.45) is -0.838. The monoisotopic (exact) mass is 359 g/mol. The SMILES string of the molecule is CCOC(Cc1ccc(OCc2ccccc2)cc1[N+](=O)[O-])C(=O)OC. The zero-order chi connectivity index (χ0) is 18.9. The minimum Gasteiger partial charge on any atom is -0.489 e. The van der Waals surface area contributed by atoms with Crippen molar-refractivity contribution < 1.29 is 23.9 Å². The van der Waals surface area contributed by atoms with Gasteiger partial charge in [-0.25, -0.2) is 4.79 Å². The van der Waals surface area contributed by atoms with E-state index in [4.69, 9.17) is 14.2 Å². The second kappa shape index (κ2) is 9.53. The maximum atomic E-state index is 11.8. The molecule has 1 atom stereocenters. The van der Waals surface area contributed by atoms with Crippen LogP contribution in [0.25, 0.3) is 0 Å². The minimum atomic E-state index is -0.889. The van der Waals surface area contributed by atoms with Crippen molar-refractivity contribution in [3.63, 3.8) is 0 Å². The van der Waals surface area contributed by atoms with Crippen LogP contribution >= 0.6 is 0 Å². The lowest BCUT2D eigenvalue weighted by atomic mass is 10.1. The van der Waals surface area contributed by atoms with Crippen LogP contribution in [0.1, 0.15) is 18.1 Å². The molecule has 138 valence electrons. The summed E-state index contributed by atoms with van der Waals surface area (Å²) >= 11 is 0. The molecule has 0 radical (unpaired) electrons. The third-order valence-electron chi connectivity index (χ3n) is 3.74. The number of benzene rings is 2. The Bertz CT molecular complexity index is 747. The van der Waals surface area contributed by atoms with Crippen molar-refractivity contribution >= 4 is 11.7 Å². The summed E-state index contributed by atoms with van der Waals surface area (Å²) in [6, 6.07) is 14.1. The first kappa shape index (κ1) is 19.4. The number of nitro benzene ring substituents is 1. The van der Waals surface area contributed by atoms with Gasteiger partial charge in [0.1, 0.15) is 12.4 Å². The molecule has 0 bridgehead atoms. The molecule has 0 saturated heterocycles. The Morgan fingerprint density at radius 2 is 1.92 bits per heavy atom. The number of rotatable bonds is 9. The van der Waals surface area contributed by atoms with Gasteiger partial charge in [0, 0.05) is 18.6 Å². The van der Waals surface area contributed by atoms with E-state index < -0.39 is 17.0 Å². The summed E-state index contributed by atoms with van der Waals surface area (Å²) < 4.78 is 15.7. The number of hydrogen-bond donors (Lipinski definition) is 0. The highest BCUT2D eigenvalue weighted by Crippen LogP contribution is 2.27. The Labute approximate surface area is 151 Å². The van der Waals surface area contributed by atoms with Crippen molar-refractivity contribution in [1.29, 1.82) is 0 Å². The van der Waals surface area contributed by atoms with Crippen molar-refractivity contribution in [2.24, 2.45) is 0 Å². The highest BCUT2D eigenvalue weighted by Gasteiger charge is 2.25. The van der Waals surface area contributed by atoms with Gasteiger partial charge in [-0.2, -0.15) is 0 Å². The summed E-state index contributed by atoms with van der Waals surface area (Å²) in [4.78, 5) is 22.7. The number of methoxy groups -OCH3 is 1. The summed E-state index contributed by atoms with van der Waals surface area (Å²) in [5.41, 5.74) is 1.22. The summed E-state index contributed by atoms with van der Waals surface area (Å²) in [6.45, 7) is 2.35. The topological polar surface area (TPSA) is 87.9 Å². The molecule has 2 rings (SSSR count). The average Bonchev–Trinajstić information content (AvgIpc) is 2.66. The molecule has 0 amide bonds. The smallest absolute Gasteiger partial charge is 0.335 e. The van der Waals surface area contributed by atoms with Gasteiger partial charge in [-0.15, -0.1) is 0 Å². The number of esters is 1. The first-order chi connectivity index (χ1) is 12.5. The molecule has 0 aliphatic rings. The maximum Gasteiger partial charge on any atom is 0.335 e. The van der Waals surface area contributed by atoms with Gasteiger partial charge >= 0.3 is 5.97 Å². The summed E-state index contributed by atoms with van der Waals surface area (Å²) in [5.74, 6) is -0.180. The van der Waals surface area contributed by atoms with E-state index in [2.05, 4.69) is 0 Å². The van der Waals surface area contributed by atoms with E-state index >= 15 is 0 Å². The fraction of sp³-hybridized carbons (Fsp3) is 0.316. The molecular weight excluding hydrogens is 338 g/mol. The van der Waals surface area contributed by atoms with Gasteiger partial charge in [0.2, 0.25) is 0 Å². The molecule has 0 aromatic heterocycles. The molecule has 0 fully saturated rings. The molecule has 0 aliphatic heterocycles. The Morgan fingerprint density at radius 1 is 1.19 bits per heavy atom. The third-order valence-corrected chi connectivity index (χ3v) is 3.74. The number of carbonyl (C=O) groups excluding carboxylic acids is 1. The van der Waals surface area contributed by atoms with Crippen LogP contribution in [-0.4, -0.2) is 30.7 Å². The lowest BCUT2D eigenvalue weighted by molar-refractivity contribution is -0.385. The molecule has 2 aromatic rings. The number of hydrogen-bond acceptors (Lipinski definition) is 6. The first-order valence-electron chi connectivity index (χ1n) is 8.18. The Kier molecular flexibility index (Phi) is 7.11. The second-order valence-corrected chi connectivity index (χ2v) is 5.49. The van der Waals surface area contributed by atoms with Gasteiger partial charge in [0.25, 0.3) is 5.69 Å². The van der Waals surface area contributed by atoms with E-state index in [-0.39, 0.29) is 12.1 Å². The molecule has 0 N–H and O–H groups in total. The summed E-state index contributed by atoms with van der Waals surface area (Å²) in [5, 5.41) is 11.4. The zero-order valence-electron chi connectivity index (χ0n) is 14.7. The van der Waals surface area contributed by atoms with E-state index in [1.807, 2.05) is 30.3 Å². The lowest BCUT2D eigenvalue weighted by Gasteiger charge is -2.15. The van der Waals surface area contributed by atoms with Crippen molar-refractivity contribution in [1.82, 2.24) is 0 Å². The Balaban J connectivity index is 2.17. The molecule has 0 aliphatic carbocycles. The Morgan fingerprint density at radius 3 is 2.54 bits per heavy atom. The number of nitro groups is 1. The first-order valence-corrected chi connectivity index (χ1v) is 8.18. The van der Waals surface area contributed by atoms with Gasteiger partial charge in [-0.1, -0.05) is 30.3 Å². The molecule has 0 spiro atoms. The highest BCUT2D eigenvalue weighted by molar-refractivity contribution is 5.75. The average molecular weight is 359 g/mol. The molecular formula is C19H21NO6. The van der Waals surface area contributed by atoms with Crippen LogP contribution in [0.3, 0.4) is 0 Å². The predicted molar refractivity (Wildman–Crippen MR) is 95.0 cm³/mol. The molecule has 7 nitrogen and oxygen atoms in total. The van der Waals surface area contributed by atoms with Gasteiger partial charge < -0.3 is 14.2 Å². The van der Waals surface area contributed by atoms with Crippen LogP contribution in [0, 0.1) is 10.1 Å². The van der Waals surface area contributed by atoms with E-state index in [1.165, 1.54) is 13.2 Å². The van der Waals surface area contributed by atoms with Gasteiger partial charge in [-0.05, 0) is 24.6 Å². The standard InChI is InChI=1S/C19H21NO6/c1-3-25-18(19(21)24-2)11-15-9-10-16(12-17(15)20(22)23)26-13-14-7-5-4-6-8-14/h4-10,12,18H,3,11,13H2,1-2H3. The second-order valence-electron chi connectivity index (χ2n) is 5.49. The largest absolute Gasteiger partial charge is 0.489 e. The van der Waals surface area contributed by atoms with Crippen molar-refractivity contribution in [2.45, 2.75) is 26.1 Å². The molecule has 2 aromatic carbocycles. The number of nitrogens with zero attached hydrogens (tertiary/aromatic N) is 1. The number of carbonyl (C=O) groups is 1. The number of ether oxygens (including phenoxy) is 3. The predicted octanol–water partition coefficient (Wildman–Crippen LogP) is 3.29. The quantitative estimate of drug-likeness (QED) is 0.388. The van der Waals surface area contributed by atoms with Crippen molar-refractivity contribution in [3.05, 3.63) is 69.8 Å². The zero-order valence-corrected chi connectivity index (χ0v) is 14.7. The molecule has 26 heavy (non-hydrogen) atoms. The van der Waals surface area contributed by atoms with E-state index in [1.54, 1.807) is 19.1 Å². The highest BCUT2D eigenvalue weighted by atomic mass is 16.6. The normalized spacial score (nSPS) is 11.6. The third kappa shape index (κ3) is 5.29. The van der Waals surface area contributed by atoms with Gasteiger partial charge in [0.05, 0.1) is 18.1 Å². The lowest BCUT2D eigenvalue weighted by Crippen LogP contribution is -2.28. The summed E-state index contributed by atoms with van der Waals surface area (Å²) in [7, 11) is 1.25. The van der Waals surface area contributed by atoms with Gasteiger partial charge in [0.15, 0.2) is 6.10 Å². The van der Waals surface area contributed by atoms with Crippen LogP contribution in [0.5, 0.6) is 5.75 Å². The maximum absolute atomic E-state index is 11.8. The fourth-order valence-electron chi connectivity index (χ4n) is 2.46. The van der Waals surface area contributed by atoms with Crippen LogP contribution in [0.2, 0.25) is 0 Å². The van der Waals surface area contributed by atoms with Crippen molar-refractivity contribution in [3.8, 4) is 5.75 Å². The van der Waals surface area contributed by atoms with E-state index in [0.717, 1.165) is 5.56 Å². The van der Waals surface area contributed by atoms with E-state index in [9.17, 15) is 14.9 Å². The molecule has 0 saturated carbocycles. The Hall–Kier alpha value is -2.93. The van der Waals surface area contributed by atoms with Crippen LogP contribution in [0.4, 0.5) is 5.69 Å².